The molecule has 0 amide bonds. The minimum Gasteiger partial charge on any atom is -0.345 e. The van der Waals surface area contributed by atoms with Crippen LogP contribution in [0.1, 0.15) is 82.6 Å². The average Bonchev–Trinajstić information content (AvgIpc) is 1.62. The van der Waals surface area contributed by atoms with Crippen molar-refractivity contribution in [1.29, 1.82) is 0 Å². The summed E-state index contributed by atoms with van der Waals surface area (Å²) >= 11 is 0. The van der Waals surface area contributed by atoms with Gasteiger partial charge in [0.1, 0.15) is 0 Å². The molecule has 1 unspecified atom stereocenters. The first-order chi connectivity index (χ1) is 59.3. The van der Waals surface area contributed by atoms with E-state index in [-0.39, 0.29) is 0 Å². The largest absolute Gasteiger partial charge is 0.345 e. The summed E-state index contributed by atoms with van der Waals surface area (Å²) < 4.78 is 9.52. The van der Waals surface area contributed by atoms with Gasteiger partial charge in [0.2, 0.25) is 0 Å². The zero-order valence-electron chi connectivity index (χ0n) is 71.2. The van der Waals surface area contributed by atoms with E-state index in [4.69, 9.17) is 0 Å². The smallest absolute Gasteiger partial charge is 0.0542 e. The summed E-state index contributed by atoms with van der Waals surface area (Å²) in [5.41, 5.74) is 29.9. The van der Waals surface area contributed by atoms with Crippen LogP contribution >= 0.6 is 0 Å². The number of rotatable bonds is 19. The first-order valence-electron chi connectivity index (χ1n) is 43.0. The maximum absolute atomic E-state index is 2.40. The molecular formula is C113H106N8. The fourth-order valence-corrected chi connectivity index (χ4v) is 17.5. The SMILES string of the molecule is CC(C)Cc1ccc2c(c1)c1cc(N(C)c3ccccc3)ccc1n2-c1ccccc1.CCC(C)c1ccc2c(c1)c1cc(N(C)c3ccccc3)ccc1n2-c1ccccc1.CCCc1ccc2c(c1)c1cc(N(C)c3ccccc3)ccc1n2-c1ccccc1.CCc1ccc2c(c1)c1cc(N(C)c3ccccc3)ccc1n2-c1ccccc1. The van der Waals surface area contributed by atoms with Crippen LogP contribution in [-0.4, -0.2) is 46.5 Å². The number of aromatic nitrogens is 4. The van der Waals surface area contributed by atoms with Crippen molar-refractivity contribution >= 4 is 133 Å². The highest BCUT2D eigenvalue weighted by Crippen LogP contribution is 2.43. The molecular weight excluding hydrogens is 1470 g/mol. The summed E-state index contributed by atoms with van der Waals surface area (Å²) in [5, 5.41) is 10.5. The first kappa shape index (κ1) is 79.4. The monoisotopic (exact) mass is 1570 g/mol. The third kappa shape index (κ3) is 16.3. The lowest BCUT2D eigenvalue weighted by molar-refractivity contribution is 0.648. The molecule has 0 fully saturated rings. The molecule has 0 spiro atoms. The van der Waals surface area contributed by atoms with Crippen LogP contribution in [0, 0.1) is 5.92 Å². The summed E-state index contributed by atoms with van der Waals surface area (Å²) in [5.74, 6) is 1.19. The molecule has 8 heteroatoms. The van der Waals surface area contributed by atoms with Gasteiger partial charge in [-0.05, 0) is 278 Å². The molecule has 0 aliphatic heterocycles. The lowest BCUT2D eigenvalue weighted by atomic mass is 9.97. The molecule has 0 bridgehead atoms. The number of hydrogen-bond donors (Lipinski definition) is 0. The normalized spacial score (nSPS) is 11.6. The Hall–Kier alpha value is -14.1. The predicted molar refractivity (Wildman–Crippen MR) is 522 cm³/mol. The molecule has 0 N–H and O–H groups in total. The van der Waals surface area contributed by atoms with Crippen molar-refractivity contribution in [2.45, 2.75) is 79.6 Å². The van der Waals surface area contributed by atoms with E-state index >= 15 is 0 Å². The second kappa shape index (κ2) is 35.6. The molecule has 0 saturated heterocycles. The molecule has 1 atom stereocenters. The van der Waals surface area contributed by atoms with Crippen molar-refractivity contribution in [3.8, 4) is 22.7 Å². The molecule has 8 nitrogen and oxygen atoms in total. The molecule has 0 aliphatic carbocycles. The van der Waals surface area contributed by atoms with Gasteiger partial charge in [0.05, 0.1) is 44.1 Å². The van der Waals surface area contributed by atoms with E-state index < -0.39 is 0 Å². The molecule has 4 aromatic heterocycles. The van der Waals surface area contributed by atoms with Gasteiger partial charge in [0, 0.05) is 140 Å². The zero-order valence-corrected chi connectivity index (χ0v) is 71.2. The summed E-state index contributed by atoms with van der Waals surface area (Å²) in [6, 6.07) is 140. The quantitative estimate of drug-likeness (QED) is 0.0808. The highest BCUT2D eigenvalue weighted by molar-refractivity contribution is 6.14. The van der Waals surface area contributed by atoms with E-state index in [2.05, 4.69) is 496 Å². The molecule has 121 heavy (non-hydrogen) atoms. The van der Waals surface area contributed by atoms with Crippen LogP contribution in [-0.2, 0) is 19.3 Å². The minimum absolute atomic E-state index is 0.551. The fraction of sp³-hybridized carbons (Fsp3) is 0.150. The molecule has 16 aromatic carbocycles. The van der Waals surface area contributed by atoms with Crippen molar-refractivity contribution in [3.05, 3.63) is 411 Å². The van der Waals surface area contributed by atoms with Crippen LogP contribution in [0.5, 0.6) is 0 Å². The van der Waals surface area contributed by atoms with Crippen molar-refractivity contribution in [2.24, 2.45) is 5.92 Å². The lowest BCUT2D eigenvalue weighted by Gasteiger charge is -2.19. The van der Waals surface area contributed by atoms with Gasteiger partial charge in [-0.2, -0.15) is 0 Å². The van der Waals surface area contributed by atoms with E-state index in [1.807, 2.05) is 0 Å². The van der Waals surface area contributed by atoms with Gasteiger partial charge < -0.3 is 37.9 Å². The predicted octanol–water partition coefficient (Wildman–Crippen LogP) is 30.4. The van der Waals surface area contributed by atoms with E-state index in [1.165, 1.54) is 178 Å². The maximum atomic E-state index is 2.40. The standard InChI is InChI=1S/2C29H28N2.C28H26N2.C27H24N2/c1-21(2)18-22-14-16-28-26(19-22)27-20-25(30(3)23-10-6-4-7-11-23)15-17-29(27)31(28)24-12-8-5-9-13-24;1-4-21(2)22-15-17-28-26(19-22)27-20-25(30(3)23-11-7-5-8-12-23)16-18-29(27)31(28)24-13-9-6-10-14-24;1-3-10-21-15-17-27-25(19-21)26-20-24(29(2)22-11-6-4-7-12-22)16-18-28(26)30(27)23-13-8-5-9-14-23;1-3-20-14-16-26-24(18-20)25-19-23(28(2)21-10-6-4-7-11-21)15-17-27(25)29(26)22-12-8-5-9-13-22/h4-17,19-21H,18H2,1-3H3;5-21H,4H2,1-3H3;4-9,11-20H,3,10H2,1-2H3;4-19H,3H2,1-2H3. The van der Waals surface area contributed by atoms with E-state index in [0.717, 1.165) is 32.1 Å². The second-order valence-electron chi connectivity index (χ2n) is 32.4. The Morgan fingerprint density at radius 3 is 0.752 bits per heavy atom. The van der Waals surface area contributed by atoms with Gasteiger partial charge in [-0.1, -0.05) is 218 Å². The molecule has 0 radical (unpaired) electrons. The summed E-state index contributed by atoms with van der Waals surface area (Å²) in [7, 11) is 8.54. The minimum atomic E-state index is 0.551. The first-order valence-corrected chi connectivity index (χ1v) is 43.0. The zero-order chi connectivity index (χ0) is 83.0. The highest BCUT2D eigenvalue weighted by Gasteiger charge is 2.22. The average molecular weight is 1580 g/mol. The van der Waals surface area contributed by atoms with Crippen LogP contribution in [0.3, 0.4) is 0 Å². The van der Waals surface area contributed by atoms with E-state index in [0.29, 0.717) is 11.8 Å². The molecule has 4 heterocycles. The van der Waals surface area contributed by atoms with Crippen molar-refractivity contribution in [3.63, 3.8) is 0 Å². The van der Waals surface area contributed by atoms with Gasteiger partial charge in [0.15, 0.2) is 0 Å². The topological polar surface area (TPSA) is 32.7 Å². The number of fused-ring (bicyclic) bond motifs is 12. The van der Waals surface area contributed by atoms with Crippen LogP contribution in [0.15, 0.2) is 388 Å². The Labute approximate surface area is 712 Å². The highest BCUT2D eigenvalue weighted by atomic mass is 15.1. The number of para-hydroxylation sites is 8. The van der Waals surface area contributed by atoms with Crippen LogP contribution in [0.25, 0.3) is 110 Å². The van der Waals surface area contributed by atoms with Crippen molar-refractivity contribution in [1.82, 2.24) is 18.3 Å². The maximum Gasteiger partial charge on any atom is 0.0542 e. The Morgan fingerprint density at radius 2 is 0.471 bits per heavy atom. The Balaban J connectivity index is 0.000000115. The number of aryl methyl sites for hydroxylation is 2. The molecule has 598 valence electrons. The van der Waals surface area contributed by atoms with Crippen molar-refractivity contribution in [2.75, 3.05) is 47.8 Å². The Morgan fingerprint density at radius 1 is 0.231 bits per heavy atom. The lowest BCUT2D eigenvalue weighted by Crippen LogP contribution is -2.08. The van der Waals surface area contributed by atoms with Gasteiger partial charge in [-0.25, -0.2) is 0 Å². The number of anilines is 8. The molecule has 0 saturated carbocycles. The molecule has 20 rings (SSSR count). The van der Waals surface area contributed by atoms with Gasteiger partial charge >= 0.3 is 0 Å². The summed E-state index contributed by atoms with van der Waals surface area (Å²) in [6.45, 7) is 13.6. The molecule has 0 aliphatic rings. The van der Waals surface area contributed by atoms with Crippen molar-refractivity contribution < 1.29 is 0 Å². The van der Waals surface area contributed by atoms with Crippen LogP contribution < -0.4 is 19.6 Å². The van der Waals surface area contributed by atoms with Gasteiger partial charge in [-0.3, -0.25) is 0 Å². The number of hydrogen-bond acceptors (Lipinski definition) is 4. The fourth-order valence-electron chi connectivity index (χ4n) is 17.5. The third-order valence-electron chi connectivity index (χ3n) is 24.2. The van der Waals surface area contributed by atoms with E-state index in [1.54, 1.807) is 0 Å². The summed E-state index contributed by atoms with van der Waals surface area (Å²) in [6.07, 6.45) is 5.54. The number of benzene rings is 16. The Kier molecular flexibility index (Phi) is 23.4. The Bertz CT molecular complexity index is 6930. The second-order valence-corrected chi connectivity index (χ2v) is 32.4. The molecule has 20 aromatic rings. The number of nitrogens with zero attached hydrogens (tertiary/aromatic N) is 8. The summed E-state index contributed by atoms with van der Waals surface area (Å²) in [4.78, 5) is 9.00. The van der Waals surface area contributed by atoms with Crippen LogP contribution in [0.2, 0.25) is 0 Å². The van der Waals surface area contributed by atoms with E-state index in [9.17, 15) is 0 Å². The third-order valence-corrected chi connectivity index (χ3v) is 24.2. The van der Waals surface area contributed by atoms with Crippen LogP contribution in [0.4, 0.5) is 45.5 Å². The van der Waals surface area contributed by atoms with Gasteiger partial charge in [0.25, 0.3) is 0 Å². The van der Waals surface area contributed by atoms with Gasteiger partial charge in [-0.15, -0.1) is 0 Å².